The molecular weight excluding hydrogens is 333 g/mol. The molecule has 2 rings (SSSR count). The van der Waals surface area contributed by atoms with Crippen LogP contribution in [0.25, 0.3) is 0 Å². The molecule has 118 valence electrons. The zero-order valence-corrected chi connectivity index (χ0v) is 14.4. The molecule has 4 nitrogen and oxygen atoms in total. The average molecular weight is 352 g/mol. The summed E-state index contributed by atoms with van der Waals surface area (Å²) in [6.07, 6.45) is 3.62. The summed E-state index contributed by atoms with van der Waals surface area (Å²) in [5, 5.41) is 0.406. The first-order valence-corrected chi connectivity index (χ1v) is 9.17. The van der Waals surface area contributed by atoms with E-state index in [-0.39, 0.29) is 26.7 Å². The van der Waals surface area contributed by atoms with Crippen molar-refractivity contribution in [2.24, 2.45) is 0 Å². The van der Waals surface area contributed by atoms with Crippen molar-refractivity contribution in [3.05, 3.63) is 22.2 Å². The van der Waals surface area contributed by atoms with Crippen molar-refractivity contribution in [1.82, 2.24) is 4.31 Å². The Morgan fingerprint density at radius 2 is 2.05 bits per heavy atom. The highest BCUT2D eigenvalue weighted by Crippen LogP contribution is 2.39. The molecule has 1 aromatic rings. The lowest BCUT2D eigenvalue weighted by Gasteiger charge is -2.34. The van der Waals surface area contributed by atoms with Gasteiger partial charge in [-0.05, 0) is 31.4 Å². The van der Waals surface area contributed by atoms with E-state index in [1.165, 1.54) is 19.2 Å². The quantitative estimate of drug-likeness (QED) is 0.824. The summed E-state index contributed by atoms with van der Waals surface area (Å²) in [5.41, 5.74) is 0. The monoisotopic (exact) mass is 351 g/mol. The minimum Gasteiger partial charge on any atom is -0.494 e. The fraction of sp³-hybridized carbons (Fsp3) is 0.571. The molecule has 0 radical (unpaired) electrons. The first-order chi connectivity index (χ1) is 9.93. The zero-order valence-electron chi connectivity index (χ0n) is 12.1. The minimum absolute atomic E-state index is 0.0305. The third-order valence-corrected chi connectivity index (χ3v) is 6.61. The Labute approximate surface area is 136 Å². The Hall–Kier alpha value is -0.490. The molecule has 1 fully saturated rings. The molecule has 0 aromatic heterocycles. The van der Waals surface area contributed by atoms with Gasteiger partial charge in [0.2, 0.25) is 10.0 Å². The summed E-state index contributed by atoms with van der Waals surface area (Å²) in [5.74, 6) is 0.115. The number of sulfonamides is 1. The topological polar surface area (TPSA) is 46.6 Å². The highest BCUT2D eigenvalue weighted by atomic mass is 35.5. The number of ether oxygens (including phenoxy) is 1. The van der Waals surface area contributed by atoms with Gasteiger partial charge < -0.3 is 4.74 Å². The first kappa shape index (κ1) is 16.9. The Morgan fingerprint density at radius 3 is 2.67 bits per heavy atom. The third kappa shape index (κ3) is 3.16. The maximum Gasteiger partial charge on any atom is 0.247 e. The lowest BCUT2D eigenvalue weighted by molar-refractivity contribution is 0.246. The summed E-state index contributed by atoms with van der Waals surface area (Å²) < 4.78 is 32.6. The van der Waals surface area contributed by atoms with Gasteiger partial charge in [0, 0.05) is 12.6 Å². The van der Waals surface area contributed by atoms with E-state index in [9.17, 15) is 8.42 Å². The fourth-order valence-electron chi connectivity index (χ4n) is 2.73. The normalized spacial score (nSPS) is 20.5. The molecule has 0 bridgehead atoms. The third-order valence-electron chi connectivity index (χ3n) is 3.85. The summed E-state index contributed by atoms with van der Waals surface area (Å²) in [4.78, 5) is 0.0831. The van der Waals surface area contributed by atoms with E-state index < -0.39 is 10.0 Å². The maximum absolute atomic E-state index is 12.9. The number of benzene rings is 1. The van der Waals surface area contributed by atoms with Gasteiger partial charge in [0.05, 0.1) is 12.1 Å². The summed E-state index contributed by atoms with van der Waals surface area (Å²) in [6.45, 7) is 2.54. The molecule has 1 aliphatic heterocycles. The van der Waals surface area contributed by atoms with Gasteiger partial charge in [-0.1, -0.05) is 36.5 Å². The molecule has 7 heteroatoms. The predicted octanol–water partition coefficient (Wildman–Crippen LogP) is 3.96. The van der Waals surface area contributed by atoms with Crippen LogP contribution >= 0.6 is 23.2 Å². The van der Waals surface area contributed by atoms with Gasteiger partial charge in [-0.2, -0.15) is 4.31 Å². The predicted molar refractivity (Wildman–Crippen MR) is 84.8 cm³/mol. The Bertz CT molecular complexity index is 619. The van der Waals surface area contributed by atoms with Gasteiger partial charge >= 0.3 is 0 Å². The van der Waals surface area contributed by atoms with Crippen LogP contribution in [-0.2, 0) is 10.0 Å². The number of methoxy groups -OCH3 is 1. The van der Waals surface area contributed by atoms with Crippen molar-refractivity contribution in [1.29, 1.82) is 0 Å². The highest BCUT2D eigenvalue weighted by molar-refractivity contribution is 7.89. The second-order valence-corrected chi connectivity index (χ2v) is 7.71. The van der Waals surface area contributed by atoms with Crippen molar-refractivity contribution >= 4 is 33.2 Å². The highest BCUT2D eigenvalue weighted by Gasteiger charge is 2.35. The van der Waals surface area contributed by atoms with E-state index in [2.05, 4.69) is 0 Å². The summed E-state index contributed by atoms with van der Waals surface area (Å²) in [6, 6.07) is 2.98. The van der Waals surface area contributed by atoms with Crippen molar-refractivity contribution in [3.8, 4) is 5.75 Å². The molecular formula is C14H19Cl2NO3S. The van der Waals surface area contributed by atoms with Gasteiger partial charge in [-0.15, -0.1) is 0 Å². The Balaban J connectivity index is 2.51. The molecule has 1 atom stereocenters. The van der Waals surface area contributed by atoms with E-state index in [0.717, 1.165) is 25.7 Å². The van der Waals surface area contributed by atoms with E-state index >= 15 is 0 Å². The number of rotatable bonds is 4. The molecule has 0 aliphatic carbocycles. The molecule has 0 saturated carbocycles. The van der Waals surface area contributed by atoms with Crippen molar-refractivity contribution in [3.63, 3.8) is 0 Å². The average Bonchev–Trinajstić information content (AvgIpc) is 2.49. The Kier molecular flexibility index (Phi) is 5.41. The number of nitrogens with zero attached hydrogens (tertiary/aromatic N) is 1. The summed E-state index contributed by atoms with van der Waals surface area (Å²) >= 11 is 12.0. The van der Waals surface area contributed by atoms with Gasteiger partial charge in [-0.3, -0.25) is 0 Å². The van der Waals surface area contributed by atoms with Crippen LogP contribution in [0.15, 0.2) is 17.0 Å². The van der Waals surface area contributed by atoms with E-state index in [1.54, 1.807) is 4.31 Å². The van der Waals surface area contributed by atoms with Crippen LogP contribution in [0.3, 0.4) is 0 Å². The largest absolute Gasteiger partial charge is 0.494 e. The lowest BCUT2D eigenvalue weighted by atomic mass is 10.0. The van der Waals surface area contributed by atoms with Crippen LogP contribution in [0.5, 0.6) is 5.75 Å². The van der Waals surface area contributed by atoms with Crippen molar-refractivity contribution < 1.29 is 13.2 Å². The SMILES string of the molecule is CCC1CCCCN1S(=O)(=O)c1ccc(Cl)c(Cl)c1OC. The lowest BCUT2D eigenvalue weighted by Crippen LogP contribution is -2.43. The van der Waals surface area contributed by atoms with Gasteiger partial charge in [0.15, 0.2) is 5.75 Å². The number of piperidine rings is 1. The van der Waals surface area contributed by atoms with Crippen molar-refractivity contribution in [2.45, 2.75) is 43.5 Å². The van der Waals surface area contributed by atoms with Crippen molar-refractivity contribution in [2.75, 3.05) is 13.7 Å². The van der Waals surface area contributed by atoms with E-state index in [4.69, 9.17) is 27.9 Å². The molecule has 1 aromatic carbocycles. The van der Waals surface area contributed by atoms with Gasteiger partial charge in [0.25, 0.3) is 0 Å². The maximum atomic E-state index is 12.9. The van der Waals surface area contributed by atoms with Crippen LogP contribution in [0.1, 0.15) is 32.6 Å². The van der Waals surface area contributed by atoms with Crippen LogP contribution in [-0.4, -0.2) is 32.4 Å². The number of hydrogen-bond acceptors (Lipinski definition) is 3. The first-order valence-electron chi connectivity index (χ1n) is 6.97. The molecule has 0 spiro atoms. The summed E-state index contributed by atoms with van der Waals surface area (Å²) in [7, 11) is -2.25. The van der Waals surface area contributed by atoms with Crippen LogP contribution in [0.4, 0.5) is 0 Å². The van der Waals surface area contributed by atoms with Crippen LogP contribution in [0.2, 0.25) is 10.0 Å². The standard InChI is InChI=1S/C14H19Cl2NO3S/c1-3-10-6-4-5-9-17(10)21(18,19)12-8-7-11(15)13(16)14(12)20-2/h7-8,10H,3-6,9H2,1-2H3. The van der Waals surface area contributed by atoms with Crippen LogP contribution < -0.4 is 4.74 Å². The molecule has 1 aliphatic rings. The fourth-order valence-corrected chi connectivity index (χ4v) is 5.11. The minimum atomic E-state index is -3.64. The second-order valence-electron chi connectivity index (χ2n) is 5.07. The molecule has 1 saturated heterocycles. The van der Waals surface area contributed by atoms with Gasteiger partial charge in [0.1, 0.15) is 9.92 Å². The Morgan fingerprint density at radius 1 is 1.33 bits per heavy atom. The molecule has 0 N–H and O–H groups in total. The molecule has 1 unspecified atom stereocenters. The molecule has 1 heterocycles. The number of hydrogen-bond donors (Lipinski definition) is 0. The van der Waals surface area contributed by atoms with Gasteiger partial charge in [-0.25, -0.2) is 8.42 Å². The second kappa shape index (κ2) is 6.73. The number of halogens is 2. The molecule has 21 heavy (non-hydrogen) atoms. The smallest absolute Gasteiger partial charge is 0.247 e. The zero-order chi connectivity index (χ0) is 15.6. The molecule has 0 amide bonds. The van der Waals surface area contributed by atoms with E-state index in [0.29, 0.717) is 6.54 Å². The van der Waals surface area contributed by atoms with Crippen LogP contribution in [0, 0.1) is 0 Å². The van der Waals surface area contributed by atoms with E-state index in [1.807, 2.05) is 6.92 Å².